The third kappa shape index (κ3) is 2.59. The van der Waals surface area contributed by atoms with Gasteiger partial charge in [0.1, 0.15) is 6.29 Å². The van der Waals surface area contributed by atoms with Gasteiger partial charge in [-0.25, -0.2) is 0 Å². The van der Waals surface area contributed by atoms with E-state index in [1.54, 1.807) is 30.3 Å². The monoisotopic (exact) mass is 250 g/mol. The van der Waals surface area contributed by atoms with Gasteiger partial charge in [-0.2, -0.15) is 13.2 Å². The number of hydrogen-bond acceptors (Lipinski definition) is 1. The highest BCUT2D eigenvalue weighted by molar-refractivity contribution is 5.78. The van der Waals surface area contributed by atoms with E-state index in [9.17, 15) is 18.0 Å². The molecule has 0 saturated heterocycles. The lowest BCUT2D eigenvalue weighted by atomic mass is 10.0. The molecule has 4 heteroatoms. The Balaban J connectivity index is 2.47. The summed E-state index contributed by atoms with van der Waals surface area (Å²) in [5, 5.41) is 0. The maximum Gasteiger partial charge on any atom is 0.416 e. The van der Waals surface area contributed by atoms with Gasteiger partial charge in [0, 0.05) is 5.56 Å². The first kappa shape index (κ1) is 12.4. The lowest BCUT2D eigenvalue weighted by Gasteiger charge is -2.09. The minimum absolute atomic E-state index is 0.435. The molecule has 0 fully saturated rings. The summed E-state index contributed by atoms with van der Waals surface area (Å²) in [6.07, 6.45) is -3.70. The minimum Gasteiger partial charge on any atom is -0.298 e. The third-order valence-electron chi connectivity index (χ3n) is 2.55. The molecule has 18 heavy (non-hydrogen) atoms. The molecule has 92 valence electrons. The zero-order chi connectivity index (χ0) is 13.2. The van der Waals surface area contributed by atoms with Gasteiger partial charge in [0.2, 0.25) is 0 Å². The molecule has 1 nitrogen and oxygen atoms in total. The van der Waals surface area contributed by atoms with Crippen molar-refractivity contribution < 1.29 is 18.0 Å². The van der Waals surface area contributed by atoms with Crippen LogP contribution in [0.4, 0.5) is 13.2 Å². The summed E-state index contributed by atoms with van der Waals surface area (Å²) in [5.74, 6) is 0. The van der Waals surface area contributed by atoms with Crippen LogP contribution in [0.2, 0.25) is 0 Å². The average Bonchev–Trinajstić information content (AvgIpc) is 2.38. The second kappa shape index (κ2) is 4.64. The Bertz CT molecular complexity index is 573. The molecule has 0 unspecified atom stereocenters. The van der Waals surface area contributed by atoms with Gasteiger partial charge in [-0.1, -0.05) is 30.3 Å². The second-order valence-electron chi connectivity index (χ2n) is 3.82. The van der Waals surface area contributed by atoms with Crippen molar-refractivity contribution in [2.24, 2.45) is 0 Å². The third-order valence-corrected chi connectivity index (χ3v) is 2.55. The van der Waals surface area contributed by atoms with Crippen LogP contribution in [0.1, 0.15) is 15.9 Å². The lowest BCUT2D eigenvalue weighted by molar-refractivity contribution is -0.137. The molecule has 0 aliphatic rings. The van der Waals surface area contributed by atoms with Crippen molar-refractivity contribution in [2.75, 3.05) is 0 Å². The largest absolute Gasteiger partial charge is 0.416 e. The Labute approximate surface area is 102 Å². The zero-order valence-corrected chi connectivity index (χ0v) is 9.24. The smallest absolute Gasteiger partial charge is 0.298 e. The first-order valence-corrected chi connectivity index (χ1v) is 5.23. The fourth-order valence-corrected chi connectivity index (χ4v) is 1.67. The SMILES string of the molecule is O=Cc1cccc(-c2cccc(C(F)(F)F)c2)c1. The van der Waals surface area contributed by atoms with Gasteiger partial charge < -0.3 is 0 Å². The van der Waals surface area contributed by atoms with E-state index in [2.05, 4.69) is 0 Å². The van der Waals surface area contributed by atoms with Crippen molar-refractivity contribution in [1.29, 1.82) is 0 Å². The number of benzene rings is 2. The first-order chi connectivity index (χ1) is 8.50. The van der Waals surface area contributed by atoms with E-state index in [-0.39, 0.29) is 0 Å². The first-order valence-electron chi connectivity index (χ1n) is 5.23. The number of carbonyl (C=O) groups is 1. The minimum atomic E-state index is -4.36. The Morgan fingerprint density at radius 3 is 2.11 bits per heavy atom. The topological polar surface area (TPSA) is 17.1 Å². The molecule has 0 amide bonds. The highest BCUT2D eigenvalue weighted by Gasteiger charge is 2.30. The van der Waals surface area contributed by atoms with Crippen LogP contribution in [0.25, 0.3) is 11.1 Å². The van der Waals surface area contributed by atoms with Gasteiger partial charge >= 0.3 is 6.18 Å². The van der Waals surface area contributed by atoms with Crippen molar-refractivity contribution in [3.8, 4) is 11.1 Å². The summed E-state index contributed by atoms with van der Waals surface area (Å²) in [6.45, 7) is 0. The summed E-state index contributed by atoms with van der Waals surface area (Å²) in [6, 6.07) is 11.5. The van der Waals surface area contributed by atoms with E-state index in [0.29, 0.717) is 23.0 Å². The van der Waals surface area contributed by atoms with Crippen molar-refractivity contribution in [3.05, 3.63) is 59.7 Å². The normalized spacial score (nSPS) is 11.3. The predicted octanol–water partition coefficient (Wildman–Crippen LogP) is 4.18. The van der Waals surface area contributed by atoms with Crippen LogP contribution in [0.3, 0.4) is 0 Å². The number of alkyl halides is 3. The molecule has 0 radical (unpaired) electrons. The number of hydrogen-bond donors (Lipinski definition) is 0. The maximum absolute atomic E-state index is 12.6. The van der Waals surface area contributed by atoms with Crippen LogP contribution in [-0.2, 0) is 6.18 Å². The van der Waals surface area contributed by atoms with Crippen molar-refractivity contribution >= 4 is 6.29 Å². The van der Waals surface area contributed by atoms with E-state index in [1.807, 2.05) is 0 Å². The Morgan fingerprint density at radius 1 is 0.889 bits per heavy atom. The van der Waals surface area contributed by atoms with Gasteiger partial charge in [0.25, 0.3) is 0 Å². The van der Waals surface area contributed by atoms with Crippen LogP contribution in [0, 0.1) is 0 Å². The molecule has 0 spiro atoms. The van der Waals surface area contributed by atoms with Crippen LogP contribution in [0.5, 0.6) is 0 Å². The fraction of sp³-hybridized carbons (Fsp3) is 0.0714. The predicted molar refractivity (Wildman–Crippen MR) is 62.3 cm³/mol. The Hall–Kier alpha value is -2.10. The molecule has 0 saturated carbocycles. The highest BCUT2D eigenvalue weighted by Crippen LogP contribution is 2.32. The van der Waals surface area contributed by atoms with E-state index < -0.39 is 11.7 Å². The molecule has 0 aromatic heterocycles. The van der Waals surface area contributed by atoms with Gasteiger partial charge in [0.05, 0.1) is 5.56 Å². The number of halogens is 3. The average molecular weight is 250 g/mol. The molecule has 0 heterocycles. The molecule has 2 aromatic rings. The molecule has 2 rings (SSSR count). The van der Waals surface area contributed by atoms with E-state index in [4.69, 9.17) is 0 Å². The molecule has 0 aliphatic heterocycles. The van der Waals surface area contributed by atoms with Gasteiger partial charge in [-0.3, -0.25) is 4.79 Å². The lowest BCUT2D eigenvalue weighted by Crippen LogP contribution is -2.04. The molecule has 0 aliphatic carbocycles. The summed E-state index contributed by atoms with van der Waals surface area (Å²) >= 11 is 0. The number of rotatable bonds is 2. The standard InChI is InChI=1S/C14H9F3O/c15-14(16,17)13-6-2-5-12(8-13)11-4-1-3-10(7-11)9-18/h1-9H. The van der Waals surface area contributed by atoms with Crippen LogP contribution in [-0.4, -0.2) is 6.29 Å². The van der Waals surface area contributed by atoms with Crippen LogP contribution >= 0.6 is 0 Å². The van der Waals surface area contributed by atoms with E-state index in [1.165, 1.54) is 6.07 Å². The molecule has 0 N–H and O–H groups in total. The van der Waals surface area contributed by atoms with Crippen molar-refractivity contribution in [3.63, 3.8) is 0 Å². The van der Waals surface area contributed by atoms with Crippen LogP contribution in [0.15, 0.2) is 48.5 Å². The van der Waals surface area contributed by atoms with Crippen molar-refractivity contribution in [2.45, 2.75) is 6.18 Å². The number of aldehydes is 1. The van der Waals surface area contributed by atoms with E-state index in [0.717, 1.165) is 12.1 Å². The van der Waals surface area contributed by atoms with Crippen LogP contribution < -0.4 is 0 Å². The number of carbonyl (C=O) groups excluding carboxylic acids is 1. The summed E-state index contributed by atoms with van der Waals surface area (Å²) in [5.41, 5.74) is 0.764. The van der Waals surface area contributed by atoms with Gasteiger partial charge in [-0.05, 0) is 29.3 Å². The van der Waals surface area contributed by atoms with Gasteiger partial charge in [0.15, 0.2) is 0 Å². The second-order valence-corrected chi connectivity index (χ2v) is 3.82. The Morgan fingerprint density at radius 2 is 1.50 bits per heavy atom. The zero-order valence-electron chi connectivity index (χ0n) is 9.24. The molecule has 2 aromatic carbocycles. The fourth-order valence-electron chi connectivity index (χ4n) is 1.67. The molecular formula is C14H9F3O. The van der Waals surface area contributed by atoms with Crippen molar-refractivity contribution in [1.82, 2.24) is 0 Å². The summed E-state index contributed by atoms with van der Waals surface area (Å²) in [7, 11) is 0. The molecular weight excluding hydrogens is 241 g/mol. The summed E-state index contributed by atoms with van der Waals surface area (Å²) < 4.78 is 37.7. The van der Waals surface area contributed by atoms with E-state index >= 15 is 0 Å². The summed E-state index contributed by atoms with van der Waals surface area (Å²) in [4.78, 5) is 10.6. The molecule has 0 atom stereocenters. The highest BCUT2D eigenvalue weighted by atomic mass is 19.4. The van der Waals surface area contributed by atoms with Gasteiger partial charge in [-0.15, -0.1) is 0 Å². The molecule has 0 bridgehead atoms. The Kier molecular flexibility index (Phi) is 3.19. The quantitative estimate of drug-likeness (QED) is 0.730. The maximum atomic E-state index is 12.6.